The van der Waals surface area contributed by atoms with Crippen molar-refractivity contribution >= 4 is 21.6 Å². The summed E-state index contributed by atoms with van der Waals surface area (Å²) in [5, 5.41) is 9.69. The topological polar surface area (TPSA) is 66.4 Å². The number of rotatable bonds is 6. The molecule has 0 aromatic heterocycles. The SMILES string of the molecule is O=S(=O)(CCCCl)NCC1CCCCC1O. The smallest absolute Gasteiger partial charge is 0.211 e. The van der Waals surface area contributed by atoms with E-state index in [-0.39, 0.29) is 17.8 Å². The van der Waals surface area contributed by atoms with E-state index in [4.69, 9.17) is 11.6 Å². The lowest BCUT2D eigenvalue weighted by Gasteiger charge is -2.27. The molecule has 2 N–H and O–H groups in total. The summed E-state index contributed by atoms with van der Waals surface area (Å²) in [6.07, 6.45) is 3.91. The summed E-state index contributed by atoms with van der Waals surface area (Å²) in [5.74, 6) is 0.492. The lowest BCUT2D eigenvalue weighted by atomic mass is 9.87. The number of hydrogen-bond acceptors (Lipinski definition) is 3. The van der Waals surface area contributed by atoms with Crippen LogP contribution in [-0.4, -0.2) is 37.8 Å². The number of aliphatic hydroxyl groups excluding tert-OH is 1. The molecule has 6 heteroatoms. The third kappa shape index (κ3) is 4.99. The van der Waals surface area contributed by atoms with Gasteiger partial charge in [-0.25, -0.2) is 13.1 Å². The fourth-order valence-electron chi connectivity index (χ4n) is 1.98. The summed E-state index contributed by atoms with van der Waals surface area (Å²) in [6, 6.07) is 0. The van der Waals surface area contributed by atoms with Crippen LogP contribution in [0.15, 0.2) is 0 Å². The Morgan fingerprint density at radius 3 is 2.62 bits per heavy atom. The molecule has 1 fully saturated rings. The zero-order chi connectivity index (χ0) is 12.0. The predicted octanol–water partition coefficient (Wildman–Crippen LogP) is 1.09. The highest BCUT2D eigenvalue weighted by atomic mass is 35.5. The highest BCUT2D eigenvalue weighted by molar-refractivity contribution is 7.89. The van der Waals surface area contributed by atoms with E-state index in [0.717, 1.165) is 25.7 Å². The summed E-state index contributed by atoms with van der Waals surface area (Å²) < 4.78 is 25.5. The minimum Gasteiger partial charge on any atom is -0.393 e. The first-order chi connectivity index (χ1) is 7.55. The van der Waals surface area contributed by atoms with E-state index in [9.17, 15) is 13.5 Å². The van der Waals surface area contributed by atoms with E-state index in [1.165, 1.54) is 0 Å². The Labute approximate surface area is 102 Å². The van der Waals surface area contributed by atoms with Gasteiger partial charge >= 0.3 is 0 Å². The van der Waals surface area contributed by atoms with E-state index in [2.05, 4.69) is 4.72 Å². The van der Waals surface area contributed by atoms with Crippen LogP contribution in [0.25, 0.3) is 0 Å². The molecule has 0 radical (unpaired) electrons. The molecule has 1 aliphatic carbocycles. The fraction of sp³-hybridized carbons (Fsp3) is 1.00. The van der Waals surface area contributed by atoms with Crippen LogP contribution in [-0.2, 0) is 10.0 Å². The maximum Gasteiger partial charge on any atom is 0.211 e. The number of alkyl halides is 1. The van der Waals surface area contributed by atoms with E-state index in [1.807, 2.05) is 0 Å². The van der Waals surface area contributed by atoms with Crippen LogP contribution in [0.3, 0.4) is 0 Å². The second-order valence-electron chi connectivity index (χ2n) is 4.32. The second-order valence-corrected chi connectivity index (χ2v) is 6.63. The Hall–Kier alpha value is 0.160. The first-order valence-corrected chi connectivity index (χ1v) is 7.95. The van der Waals surface area contributed by atoms with Gasteiger partial charge in [0.2, 0.25) is 10.0 Å². The lowest BCUT2D eigenvalue weighted by molar-refractivity contribution is 0.0724. The van der Waals surface area contributed by atoms with Gasteiger partial charge in [-0.2, -0.15) is 0 Å². The van der Waals surface area contributed by atoms with Gasteiger partial charge in [0, 0.05) is 12.4 Å². The number of nitrogens with one attached hydrogen (secondary N) is 1. The third-order valence-corrected chi connectivity index (χ3v) is 4.68. The summed E-state index contributed by atoms with van der Waals surface area (Å²) in [4.78, 5) is 0. The van der Waals surface area contributed by atoms with Gasteiger partial charge in [-0.05, 0) is 25.2 Å². The maximum atomic E-state index is 11.5. The van der Waals surface area contributed by atoms with Crippen molar-refractivity contribution in [2.45, 2.75) is 38.2 Å². The second kappa shape index (κ2) is 6.79. The van der Waals surface area contributed by atoms with E-state index in [0.29, 0.717) is 18.8 Å². The van der Waals surface area contributed by atoms with Gasteiger partial charge in [0.05, 0.1) is 11.9 Å². The van der Waals surface area contributed by atoms with Gasteiger partial charge in [-0.1, -0.05) is 12.8 Å². The molecule has 2 unspecified atom stereocenters. The van der Waals surface area contributed by atoms with E-state index >= 15 is 0 Å². The third-order valence-electron chi connectivity index (χ3n) is 2.98. The highest BCUT2D eigenvalue weighted by Crippen LogP contribution is 2.23. The molecule has 0 aliphatic heterocycles. The number of hydrogen-bond donors (Lipinski definition) is 2. The first-order valence-electron chi connectivity index (χ1n) is 5.76. The van der Waals surface area contributed by atoms with Crippen LogP contribution in [0.1, 0.15) is 32.1 Å². The molecule has 0 spiro atoms. The Bertz CT molecular complexity index is 294. The average Bonchev–Trinajstić information content (AvgIpc) is 2.26. The van der Waals surface area contributed by atoms with Crippen LogP contribution in [0.4, 0.5) is 0 Å². The molecular weight excluding hydrogens is 250 g/mol. The van der Waals surface area contributed by atoms with Crippen LogP contribution in [0.2, 0.25) is 0 Å². The normalized spacial score (nSPS) is 26.9. The minimum atomic E-state index is -3.21. The van der Waals surface area contributed by atoms with E-state index in [1.54, 1.807) is 0 Å². The summed E-state index contributed by atoms with van der Waals surface area (Å²) >= 11 is 5.45. The maximum absolute atomic E-state index is 11.5. The molecule has 0 amide bonds. The number of halogens is 1. The highest BCUT2D eigenvalue weighted by Gasteiger charge is 2.24. The zero-order valence-corrected chi connectivity index (χ0v) is 10.9. The molecule has 1 aliphatic rings. The molecule has 16 heavy (non-hydrogen) atoms. The minimum absolute atomic E-state index is 0.0688. The molecule has 1 saturated carbocycles. The quantitative estimate of drug-likeness (QED) is 0.710. The van der Waals surface area contributed by atoms with Crippen molar-refractivity contribution < 1.29 is 13.5 Å². The van der Waals surface area contributed by atoms with Gasteiger partial charge in [0.15, 0.2) is 0 Å². The molecule has 0 bridgehead atoms. The summed E-state index contributed by atoms with van der Waals surface area (Å²) in [6.45, 7) is 0.353. The lowest BCUT2D eigenvalue weighted by Crippen LogP contribution is -2.37. The molecular formula is C10H20ClNO3S. The summed E-state index contributed by atoms with van der Waals surface area (Å²) in [5.41, 5.74) is 0. The molecule has 0 saturated heterocycles. The predicted molar refractivity (Wildman–Crippen MR) is 65.1 cm³/mol. The average molecular weight is 270 g/mol. The van der Waals surface area contributed by atoms with Gasteiger partial charge in [-0.3, -0.25) is 0 Å². The Kier molecular flexibility index (Phi) is 6.03. The largest absolute Gasteiger partial charge is 0.393 e. The molecule has 1 rings (SSSR count). The van der Waals surface area contributed by atoms with Crippen LogP contribution in [0.5, 0.6) is 0 Å². The monoisotopic (exact) mass is 269 g/mol. The van der Waals surface area contributed by atoms with Crippen molar-refractivity contribution in [3.8, 4) is 0 Å². The first kappa shape index (κ1) is 14.2. The standard InChI is InChI=1S/C10H20ClNO3S/c11-6-3-7-16(14,15)12-8-9-4-1-2-5-10(9)13/h9-10,12-13H,1-8H2. The molecule has 0 heterocycles. The van der Waals surface area contributed by atoms with Crippen molar-refractivity contribution in [2.75, 3.05) is 18.2 Å². The van der Waals surface area contributed by atoms with Crippen LogP contribution >= 0.6 is 11.6 Å². The van der Waals surface area contributed by atoms with Gasteiger partial charge < -0.3 is 5.11 Å². The van der Waals surface area contributed by atoms with E-state index < -0.39 is 10.0 Å². The van der Waals surface area contributed by atoms with Crippen molar-refractivity contribution in [1.29, 1.82) is 0 Å². The number of sulfonamides is 1. The van der Waals surface area contributed by atoms with Gasteiger partial charge in [0.25, 0.3) is 0 Å². The Morgan fingerprint density at radius 2 is 2.00 bits per heavy atom. The fourth-order valence-corrected chi connectivity index (χ4v) is 3.41. The Morgan fingerprint density at radius 1 is 1.31 bits per heavy atom. The molecule has 96 valence electrons. The van der Waals surface area contributed by atoms with Crippen LogP contribution in [0, 0.1) is 5.92 Å². The summed E-state index contributed by atoms with van der Waals surface area (Å²) in [7, 11) is -3.21. The van der Waals surface area contributed by atoms with Gasteiger partial charge in [-0.15, -0.1) is 11.6 Å². The van der Waals surface area contributed by atoms with Crippen molar-refractivity contribution in [3.63, 3.8) is 0 Å². The molecule has 4 nitrogen and oxygen atoms in total. The number of aliphatic hydroxyl groups is 1. The van der Waals surface area contributed by atoms with Crippen molar-refractivity contribution in [3.05, 3.63) is 0 Å². The molecule has 2 atom stereocenters. The van der Waals surface area contributed by atoms with Crippen LogP contribution < -0.4 is 4.72 Å². The Balaban J connectivity index is 2.32. The zero-order valence-electron chi connectivity index (χ0n) is 9.36. The molecule has 0 aromatic rings. The van der Waals surface area contributed by atoms with Gasteiger partial charge in [0.1, 0.15) is 0 Å². The van der Waals surface area contributed by atoms with Crippen molar-refractivity contribution in [1.82, 2.24) is 4.72 Å². The molecule has 0 aromatic carbocycles. The van der Waals surface area contributed by atoms with Crippen molar-refractivity contribution in [2.24, 2.45) is 5.92 Å².